The fourth-order valence-electron chi connectivity index (χ4n) is 4.06. The van der Waals surface area contributed by atoms with E-state index in [0.717, 1.165) is 24.9 Å². The topological polar surface area (TPSA) is 91.1 Å². The van der Waals surface area contributed by atoms with Crippen LogP contribution in [0.15, 0.2) is 24.3 Å². The number of benzene rings is 1. The molecule has 1 aromatic carbocycles. The zero-order valence-electron chi connectivity index (χ0n) is 14.6. The smallest absolute Gasteiger partial charge is 0.338 e. The van der Waals surface area contributed by atoms with Gasteiger partial charge in [0.15, 0.2) is 5.34 Å². The van der Waals surface area contributed by atoms with Crippen molar-refractivity contribution in [1.82, 2.24) is 4.90 Å². The summed E-state index contributed by atoms with van der Waals surface area (Å²) in [6.45, 7) is 2.72. The van der Waals surface area contributed by atoms with Crippen LogP contribution in [0.5, 0.6) is 0 Å². The summed E-state index contributed by atoms with van der Waals surface area (Å²) in [7, 11) is -0.728. The lowest BCUT2D eigenvalue weighted by atomic mass is 10.1. The lowest BCUT2D eigenvalue weighted by Crippen LogP contribution is -2.42. The van der Waals surface area contributed by atoms with Crippen LogP contribution < -0.4 is 0 Å². The summed E-state index contributed by atoms with van der Waals surface area (Å²) in [6.07, 6.45) is 1.86. The number of nitro groups is 1. The van der Waals surface area contributed by atoms with E-state index in [9.17, 15) is 14.7 Å². The third-order valence-electron chi connectivity index (χ3n) is 5.27. The number of non-ortho nitro benzene ring substituents is 1. The summed E-state index contributed by atoms with van der Waals surface area (Å²) >= 11 is 0. The Morgan fingerprint density at radius 2 is 2.00 bits per heavy atom. The Balaban J connectivity index is 2.00. The van der Waals surface area contributed by atoms with Gasteiger partial charge in [0.05, 0.1) is 11.0 Å². The molecule has 0 spiro atoms. The highest BCUT2D eigenvalue weighted by molar-refractivity contribution is 7.55. The number of rotatable bonds is 6. The van der Waals surface area contributed by atoms with E-state index < -0.39 is 24.1 Å². The number of hydrogen-bond donors (Lipinski definition) is 0. The van der Waals surface area contributed by atoms with Crippen molar-refractivity contribution < 1.29 is 23.3 Å². The second-order valence-electron chi connectivity index (χ2n) is 6.28. The molecule has 2 fully saturated rings. The van der Waals surface area contributed by atoms with Crippen molar-refractivity contribution >= 4 is 13.3 Å². The molecule has 0 bridgehead atoms. The van der Waals surface area contributed by atoms with Crippen LogP contribution in [0.2, 0.25) is 0 Å². The van der Waals surface area contributed by atoms with E-state index in [0.29, 0.717) is 6.42 Å². The predicted molar refractivity (Wildman–Crippen MR) is 91.3 cm³/mol. The van der Waals surface area contributed by atoms with Gasteiger partial charge in [0.25, 0.3) is 5.69 Å². The van der Waals surface area contributed by atoms with E-state index in [-0.39, 0.29) is 11.7 Å². The van der Waals surface area contributed by atoms with Gasteiger partial charge >= 0.3 is 7.60 Å². The van der Waals surface area contributed by atoms with Crippen LogP contribution in [0.4, 0.5) is 5.69 Å². The van der Waals surface area contributed by atoms with Gasteiger partial charge in [0, 0.05) is 32.9 Å². The molecular weight excluding hydrogens is 347 g/mol. The van der Waals surface area contributed by atoms with Gasteiger partial charge in [0.2, 0.25) is 0 Å². The largest absolute Gasteiger partial charge is 0.363 e. The molecule has 9 heteroatoms. The molecule has 2 aliphatic rings. The van der Waals surface area contributed by atoms with Gasteiger partial charge in [-0.2, -0.15) is 0 Å². The Morgan fingerprint density at radius 1 is 1.36 bits per heavy atom. The van der Waals surface area contributed by atoms with Crippen LogP contribution in [0.1, 0.15) is 38.0 Å². The zero-order chi connectivity index (χ0) is 18.2. The molecule has 0 aromatic heterocycles. The molecule has 8 nitrogen and oxygen atoms in total. The van der Waals surface area contributed by atoms with Crippen molar-refractivity contribution in [3.63, 3.8) is 0 Å². The van der Waals surface area contributed by atoms with Crippen LogP contribution in [-0.2, 0) is 18.3 Å². The van der Waals surface area contributed by atoms with Crippen molar-refractivity contribution in [2.75, 3.05) is 20.8 Å². The average molecular weight is 370 g/mol. The van der Waals surface area contributed by atoms with Crippen LogP contribution in [0, 0.1) is 10.1 Å². The minimum atomic E-state index is -3.48. The average Bonchev–Trinajstić information content (AvgIpc) is 3.23. The van der Waals surface area contributed by atoms with Crippen molar-refractivity contribution in [2.45, 2.75) is 43.8 Å². The molecule has 0 N–H and O–H groups in total. The first kappa shape index (κ1) is 18.5. The minimum Gasteiger partial charge on any atom is -0.338 e. The highest BCUT2D eigenvalue weighted by atomic mass is 31.2. The summed E-state index contributed by atoms with van der Waals surface area (Å²) < 4.78 is 30.2. The Hall–Kier alpha value is -1.31. The molecule has 25 heavy (non-hydrogen) atoms. The minimum absolute atomic E-state index is 0.0286. The molecule has 2 heterocycles. The molecule has 1 aromatic rings. The maximum atomic E-state index is 13.3. The number of nitrogens with zero attached hydrogens (tertiary/aromatic N) is 2. The van der Waals surface area contributed by atoms with E-state index in [1.165, 1.54) is 26.4 Å². The van der Waals surface area contributed by atoms with Crippen LogP contribution in [0.3, 0.4) is 0 Å². The van der Waals surface area contributed by atoms with E-state index in [1.54, 1.807) is 12.1 Å². The molecule has 0 radical (unpaired) electrons. The van der Waals surface area contributed by atoms with Gasteiger partial charge in [-0.25, -0.2) is 0 Å². The summed E-state index contributed by atoms with van der Waals surface area (Å²) in [6, 6.07) is 6.22. The molecule has 0 saturated carbocycles. The number of ether oxygens (including phenoxy) is 1. The molecule has 2 saturated heterocycles. The number of hydrogen-bond acceptors (Lipinski definition) is 7. The molecule has 3 atom stereocenters. The van der Waals surface area contributed by atoms with Gasteiger partial charge in [0.1, 0.15) is 6.23 Å². The van der Waals surface area contributed by atoms with Crippen LogP contribution in [-0.4, -0.2) is 42.0 Å². The fourth-order valence-corrected chi connectivity index (χ4v) is 6.08. The van der Waals surface area contributed by atoms with E-state index in [1.807, 2.05) is 6.92 Å². The quantitative estimate of drug-likeness (QED) is 0.428. The second-order valence-corrected chi connectivity index (χ2v) is 8.76. The molecule has 3 unspecified atom stereocenters. The lowest BCUT2D eigenvalue weighted by Gasteiger charge is -2.36. The highest BCUT2D eigenvalue weighted by Gasteiger charge is 2.65. The molecule has 0 aliphatic carbocycles. The van der Waals surface area contributed by atoms with Crippen molar-refractivity contribution in [3.05, 3.63) is 39.9 Å². The van der Waals surface area contributed by atoms with Gasteiger partial charge in [-0.3, -0.25) is 19.6 Å². The monoisotopic (exact) mass is 370 g/mol. The predicted octanol–water partition coefficient (Wildman–Crippen LogP) is 3.68. The van der Waals surface area contributed by atoms with Gasteiger partial charge in [-0.15, -0.1) is 0 Å². The van der Waals surface area contributed by atoms with Gasteiger partial charge in [-0.05, 0) is 37.0 Å². The van der Waals surface area contributed by atoms with Crippen LogP contribution in [0.25, 0.3) is 0 Å². The Kier molecular flexibility index (Phi) is 5.01. The summed E-state index contributed by atoms with van der Waals surface area (Å²) in [5.74, 6) is 0. The number of fused-ring (bicyclic) bond motifs is 1. The fraction of sp³-hybridized carbons (Fsp3) is 0.625. The first-order valence-corrected chi connectivity index (χ1v) is 9.86. The van der Waals surface area contributed by atoms with E-state index in [2.05, 4.69) is 4.90 Å². The van der Waals surface area contributed by atoms with Crippen molar-refractivity contribution in [2.24, 2.45) is 0 Å². The highest BCUT2D eigenvalue weighted by Crippen LogP contribution is 2.68. The van der Waals surface area contributed by atoms with E-state index >= 15 is 0 Å². The first-order valence-electron chi connectivity index (χ1n) is 8.32. The zero-order valence-corrected chi connectivity index (χ0v) is 15.5. The normalized spacial score (nSPS) is 29.7. The Bertz CT molecular complexity index is 688. The van der Waals surface area contributed by atoms with E-state index in [4.69, 9.17) is 13.8 Å². The number of nitro benzene ring substituents is 1. The van der Waals surface area contributed by atoms with Crippen LogP contribution >= 0.6 is 7.60 Å². The second kappa shape index (κ2) is 6.78. The first-order chi connectivity index (χ1) is 11.9. The van der Waals surface area contributed by atoms with Gasteiger partial charge in [-0.1, -0.05) is 6.92 Å². The maximum absolute atomic E-state index is 13.3. The molecule has 0 amide bonds. The van der Waals surface area contributed by atoms with Gasteiger partial charge < -0.3 is 13.8 Å². The Morgan fingerprint density at radius 3 is 2.52 bits per heavy atom. The summed E-state index contributed by atoms with van der Waals surface area (Å²) in [5.41, 5.74) is 0.826. The lowest BCUT2D eigenvalue weighted by molar-refractivity contribution is -0.384. The standard InChI is InChI=1S/C16H23N2O6P/c1-4-16(25(21,22-2)23-3)14-6-5-11-17(14)15(24-16)12-7-9-13(10-8-12)18(19)20/h7-10,14-15H,4-6,11H2,1-3H3. The summed E-state index contributed by atoms with van der Waals surface area (Å²) in [5, 5.41) is 9.83. The third kappa shape index (κ3) is 2.73. The molecule has 2 aliphatic heterocycles. The third-order valence-corrected chi connectivity index (χ3v) is 7.88. The molecule has 138 valence electrons. The summed E-state index contributed by atoms with van der Waals surface area (Å²) in [4.78, 5) is 12.6. The maximum Gasteiger partial charge on any atom is 0.363 e. The van der Waals surface area contributed by atoms with Crippen molar-refractivity contribution in [3.8, 4) is 0 Å². The molecule has 3 rings (SSSR count). The SMILES string of the molecule is CCC1(P(=O)(OC)OC)OC(c2ccc([N+](=O)[O-])cc2)N2CCCC21. The Labute approximate surface area is 146 Å². The molecular formula is C16H23N2O6P. The van der Waals surface area contributed by atoms with Crippen molar-refractivity contribution in [1.29, 1.82) is 0 Å².